The molecule has 21 heavy (non-hydrogen) atoms. The molecule has 1 heterocycles. The molecule has 1 unspecified atom stereocenters. The van der Waals surface area contributed by atoms with Crippen LogP contribution in [0.4, 0.5) is 5.82 Å². The standard InChI is InChI=1S/C15H17BrN4O/c1-10(11-4-6-12(16)7-5-11)17-14-9-8-13(18-19-14)15(21)20(2)3/h4-10H,1-3H3,(H,17,19). The van der Waals surface area contributed by atoms with E-state index in [0.29, 0.717) is 11.5 Å². The minimum Gasteiger partial charge on any atom is -0.362 e. The molecule has 0 radical (unpaired) electrons. The van der Waals surface area contributed by atoms with Gasteiger partial charge in [-0.3, -0.25) is 4.79 Å². The number of anilines is 1. The van der Waals surface area contributed by atoms with Crippen molar-refractivity contribution >= 4 is 27.7 Å². The summed E-state index contributed by atoms with van der Waals surface area (Å²) in [5, 5.41) is 11.3. The van der Waals surface area contributed by atoms with E-state index in [4.69, 9.17) is 0 Å². The zero-order valence-corrected chi connectivity index (χ0v) is 13.8. The third-order valence-electron chi connectivity index (χ3n) is 3.02. The highest BCUT2D eigenvalue weighted by molar-refractivity contribution is 9.10. The van der Waals surface area contributed by atoms with Gasteiger partial charge in [-0.05, 0) is 36.8 Å². The van der Waals surface area contributed by atoms with Gasteiger partial charge in [0.2, 0.25) is 0 Å². The summed E-state index contributed by atoms with van der Waals surface area (Å²) >= 11 is 3.42. The normalized spacial score (nSPS) is 11.8. The van der Waals surface area contributed by atoms with Crippen LogP contribution in [0.15, 0.2) is 40.9 Å². The molecule has 0 aliphatic heterocycles. The van der Waals surface area contributed by atoms with Crippen LogP contribution < -0.4 is 5.32 Å². The first-order valence-corrected chi connectivity index (χ1v) is 7.34. The Labute approximate surface area is 132 Å². The van der Waals surface area contributed by atoms with Crippen LogP contribution in [0.3, 0.4) is 0 Å². The molecule has 6 heteroatoms. The molecule has 1 aromatic carbocycles. The first kappa shape index (κ1) is 15.4. The van der Waals surface area contributed by atoms with E-state index in [-0.39, 0.29) is 11.9 Å². The first-order chi connectivity index (χ1) is 9.97. The number of nitrogens with zero attached hydrogens (tertiary/aromatic N) is 3. The van der Waals surface area contributed by atoms with Gasteiger partial charge in [0.15, 0.2) is 5.69 Å². The average molecular weight is 349 g/mol. The molecule has 1 N–H and O–H groups in total. The second-order valence-corrected chi connectivity index (χ2v) is 5.84. The molecule has 1 aromatic heterocycles. The lowest BCUT2D eigenvalue weighted by molar-refractivity contribution is 0.0821. The summed E-state index contributed by atoms with van der Waals surface area (Å²) in [6.07, 6.45) is 0. The van der Waals surface area contributed by atoms with Crippen LogP contribution in [0.5, 0.6) is 0 Å². The molecular formula is C15H17BrN4O. The second kappa shape index (κ2) is 6.67. The molecule has 2 aromatic rings. The van der Waals surface area contributed by atoms with Gasteiger partial charge in [0.25, 0.3) is 5.91 Å². The minimum absolute atomic E-state index is 0.0998. The van der Waals surface area contributed by atoms with E-state index in [0.717, 1.165) is 10.0 Å². The maximum absolute atomic E-state index is 11.7. The molecule has 0 aliphatic rings. The fourth-order valence-electron chi connectivity index (χ4n) is 1.81. The van der Waals surface area contributed by atoms with Gasteiger partial charge in [-0.25, -0.2) is 0 Å². The van der Waals surface area contributed by atoms with Gasteiger partial charge in [-0.2, -0.15) is 0 Å². The number of rotatable bonds is 4. The fraction of sp³-hybridized carbons (Fsp3) is 0.267. The highest BCUT2D eigenvalue weighted by Gasteiger charge is 2.11. The van der Waals surface area contributed by atoms with Crippen molar-refractivity contribution in [3.63, 3.8) is 0 Å². The summed E-state index contributed by atoms with van der Waals surface area (Å²) < 4.78 is 1.05. The topological polar surface area (TPSA) is 58.1 Å². The van der Waals surface area contributed by atoms with Crippen molar-refractivity contribution in [1.29, 1.82) is 0 Å². The summed E-state index contributed by atoms with van der Waals surface area (Å²) in [6.45, 7) is 2.05. The molecule has 5 nitrogen and oxygen atoms in total. The third-order valence-corrected chi connectivity index (χ3v) is 3.55. The SMILES string of the molecule is CC(Nc1ccc(C(=O)N(C)C)nn1)c1ccc(Br)cc1. The molecular weight excluding hydrogens is 332 g/mol. The zero-order valence-electron chi connectivity index (χ0n) is 12.2. The fourth-order valence-corrected chi connectivity index (χ4v) is 2.07. The van der Waals surface area contributed by atoms with Gasteiger partial charge < -0.3 is 10.2 Å². The largest absolute Gasteiger partial charge is 0.362 e. The number of amides is 1. The first-order valence-electron chi connectivity index (χ1n) is 6.55. The molecule has 0 fully saturated rings. The Kier molecular flexibility index (Phi) is 4.90. The van der Waals surface area contributed by atoms with Crippen LogP contribution in [0.2, 0.25) is 0 Å². The molecule has 0 aliphatic carbocycles. The highest BCUT2D eigenvalue weighted by atomic mass is 79.9. The Morgan fingerprint density at radius 2 is 1.81 bits per heavy atom. The number of carbonyl (C=O) groups excluding carboxylic acids is 1. The Balaban J connectivity index is 2.06. The Morgan fingerprint density at radius 3 is 2.33 bits per heavy atom. The molecule has 1 atom stereocenters. The number of aromatic nitrogens is 2. The Hall–Kier alpha value is -1.95. The maximum atomic E-state index is 11.7. The Morgan fingerprint density at radius 1 is 1.14 bits per heavy atom. The molecule has 1 amide bonds. The van der Waals surface area contributed by atoms with Gasteiger partial charge in [0.1, 0.15) is 5.82 Å². The number of benzene rings is 1. The van der Waals surface area contributed by atoms with Crippen molar-refractivity contribution in [2.75, 3.05) is 19.4 Å². The van der Waals surface area contributed by atoms with E-state index < -0.39 is 0 Å². The van der Waals surface area contributed by atoms with Crippen molar-refractivity contribution in [2.45, 2.75) is 13.0 Å². The Bertz CT molecular complexity index is 611. The lowest BCUT2D eigenvalue weighted by Gasteiger charge is -2.15. The van der Waals surface area contributed by atoms with Crippen molar-refractivity contribution in [1.82, 2.24) is 15.1 Å². The molecule has 0 saturated heterocycles. The van der Waals surface area contributed by atoms with Crippen LogP contribution in [-0.4, -0.2) is 35.1 Å². The average Bonchev–Trinajstić information content (AvgIpc) is 2.47. The van der Waals surface area contributed by atoms with E-state index >= 15 is 0 Å². The highest BCUT2D eigenvalue weighted by Crippen LogP contribution is 2.19. The lowest BCUT2D eigenvalue weighted by Crippen LogP contribution is -2.23. The van der Waals surface area contributed by atoms with Crippen LogP contribution in [0, 0.1) is 0 Å². The van der Waals surface area contributed by atoms with Crippen molar-refractivity contribution < 1.29 is 4.79 Å². The van der Waals surface area contributed by atoms with Crippen molar-refractivity contribution in [3.8, 4) is 0 Å². The van der Waals surface area contributed by atoms with E-state index in [2.05, 4.69) is 31.4 Å². The summed E-state index contributed by atoms with van der Waals surface area (Å²) in [4.78, 5) is 13.2. The van der Waals surface area contributed by atoms with E-state index in [1.165, 1.54) is 4.90 Å². The van der Waals surface area contributed by atoms with Gasteiger partial charge in [0, 0.05) is 24.6 Å². The second-order valence-electron chi connectivity index (χ2n) is 4.92. The summed E-state index contributed by atoms with van der Waals surface area (Å²) in [7, 11) is 3.37. The van der Waals surface area contributed by atoms with Crippen molar-refractivity contribution in [3.05, 3.63) is 52.1 Å². The van der Waals surface area contributed by atoms with E-state index in [9.17, 15) is 4.79 Å². The number of carbonyl (C=O) groups is 1. The zero-order chi connectivity index (χ0) is 15.4. The smallest absolute Gasteiger partial charge is 0.273 e. The number of nitrogens with one attached hydrogen (secondary N) is 1. The third kappa shape index (κ3) is 4.01. The van der Waals surface area contributed by atoms with Gasteiger partial charge in [0.05, 0.1) is 0 Å². The summed E-state index contributed by atoms with van der Waals surface area (Å²) in [5.41, 5.74) is 1.48. The lowest BCUT2D eigenvalue weighted by atomic mass is 10.1. The van der Waals surface area contributed by atoms with Crippen molar-refractivity contribution in [2.24, 2.45) is 0 Å². The molecule has 0 bridgehead atoms. The van der Waals surface area contributed by atoms with E-state index in [1.54, 1.807) is 26.2 Å². The minimum atomic E-state index is -0.157. The van der Waals surface area contributed by atoms with Crippen LogP contribution in [0.25, 0.3) is 0 Å². The van der Waals surface area contributed by atoms with Crippen LogP contribution >= 0.6 is 15.9 Å². The molecule has 0 spiro atoms. The maximum Gasteiger partial charge on any atom is 0.273 e. The van der Waals surface area contributed by atoms with Gasteiger partial charge in [-0.15, -0.1) is 10.2 Å². The predicted molar refractivity (Wildman–Crippen MR) is 86.2 cm³/mol. The number of halogens is 1. The number of hydrogen-bond donors (Lipinski definition) is 1. The quantitative estimate of drug-likeness (QED) is 0.922. The molecule has 2 rings (SSSR count). The van der Waals surface area contributed by atoms with Crippen LogP contribution in [0.1, 0.15) is 29.0 Å². The van der Waals surface area contributed by atoms with Crippen LogP contribution in [-0.2, 0) is 0 Å². The molecule has 0 saturated carbocycles. The monoisotopic (exact) mass is 348 g/mol. The molecule has 110 valence electrons. The summed E-state index contributed by atoms with van der Waals surface area (Å²) in [5.74, 6) is 0.482. The van der Waals surface area contributed by atoms with E-state index in [1.807, 2.05) is 31.2 Å². The van der Waals surface area contributed by atoms with Gasteiger partial charge >= 0.3 is 0 Å². The predicted octanol–water partition coefficient (Wildman–Crippen LogP) is 3.11. The van der Waals surface area contributed by atoms with Gasteiger partial charge in [-0.1, -0.05) is 28.1 Å². The number of hydrogen-bond acceptors (Lipinski definition) is 4. The summed E-state index contributed by atoms with van der Waals surface area (Å²) in [6, 6.07) is 11.6.